The Bertz CT molecular complexity index is 816. The Hall–Kier alpha value is -1.98. The van der Waals surface area contributed by atoms with Crippen molar-refractivity contribution in [3.8, 4) is 18.1 Å². The predicted octanol–water partition coefficient (Wildman–Crippen LogP) is 3.74. The van der Waals surface area contributed by atoms with Crippen LogP contribution in [0, 0.1) is 17.8 Å². The number of aryl methyl sites for hydroxylation is 1. The number of aromatic hydroxyl groups is 1. The third-order valence-corrected chi connectivity index (χ3v) is 6.17. The highest BCUT2D eigenvalue weighted by atomic mass is 16.3. The molecule has 2 aromatic rings. The number of hydrogen-bond acceptors (Lipinski definition) is 2. The molecule has 2 N–H and O–H groups in total. The van der Waals surface area contributed by atoms with E-state index in [0.717, 1.165) is 24.6 Å². The molecular formula is C20H20O2. The second-order valence-corrected chi connectivity index (χ2v) is 7.05. The quantitative estimate of drug-likeness (QED) is 0.726. The molecule has 2 nitrogen and oxygen atoms in total. The molecule has 1 saturated carbocycles. The fourth-order valence-corrected chi connectivity index (χ4v) is 4.75. The molecule has 2 aromatic carbocycles. The maximum absolute atomic E-state index is 10.9. The standard InChI is InChI=1S/C20H20O2/c1-3-20(22)11-9-18-17-6-4-13-12-14(21)5-7-15(13)16(17)8-10-19(18,20)2/h1,4-7,12,18,21-22H,8-11H2,2H3/t18-,19-,20+/m0/s1. The maximum atomic E-state index is 10.9. The van der Waals surface area contributed by atoms with Gasteiger partial charge in [0.25, 0.3) is 0 Å². The first-order chi connectivity index (χ1) is 10.5. The molecule has 0 aromatic heterocycles. The first kappa shape index (κ1) is 13.7. The molecule has 2 aliphatic rings. The first-order valence-corrected chi connectivity index (χ1v) is 7.93. The highest BCUT2D eigenvalue weighted by Gasteiger charge is 2.57. The van der Waals surface area contributed by atoms with Crippen molar-refractivity contribution in [1.29, 1.82) is 0 Å². The Labute approximate surface area is 130 Å². The summed E-state index contributed by atoms with van der Waals surface area (Å²) in [5.41, 5.74) is 1.47. The summed E-state index contributed by atoms with van der Waals surface area (Å²) in [5.74, 6) is 3.29. The Balaban J connectivity index is 1.92. The van der Waals surface area contributed by atoms with E-state index in [4.69, 9.17) is 6.42 Å². The van der Waals surface area contributed by atoms with Gasteiger partial charge in [-0.15, -0.1) is 6.42 Å². The van der Waals surface area contributed by atoms with Gasteiger partial charge in [-0.3, -0.25) is 0 Å². The van der Waals surface area contributed by atoms with Gasteiger partial charge in [0.1, 0.15) is 11.4 Å². The van der Waals surface area contributed by atoms with Gasteiger partial charge in [0.15, 0.2) is 0 Å². The van der Waals surface area contributed by atoms with Crippen LogP contribution in [0.2, 0.25) is 0 Å². The molecule has 1 fully saturated rings. The van der Waals surface area contributed by atoms with E-state index in [1.165, 1.54) is 16.5 Å². The highest BCUT2D eigenvalue weighted by molar-refractivity contribution is 5.88. The molecule has 4 rings (SSSR count). The van der Waals surface area contributed by atoms with Gasteiger partial charge in [0.05, 0.1) is 0 Å². The van der Waals surface area contributed by atoms with Crippen molar-refractivity contribution in [1.82, 2.24) is 0 Å². The second-order valence-electron chi connectivity index (χ2n) is 7.05. The molecule has 0 heterocycles. The van der Waals surface area contributed by atoms with E-state index in [1.807, 2.05) is 12.1 Å². The predicted molar refractivity (Wildman–Crippen MR) is 87.8 cm³/mol. The molecule has 0 aliphatic heterocycles. The van der Waals surface area contributed by atoms with Gasteiger partial charge in [-0.2, -0.15) is 0 Å². The van der Waals surface area contributed by atoms with Gasteiger partial charge in [-0.05, 0) is 65.6 Å². The molecule has 0 spiro atoms. The van der Waals surface area contributed by atoms with E-state index >= 15 is 0 Å². The van der Waals surface area contributed by atoms with E-state index in [-0.39, 0.29) is 5.41 Å². The molecular weight excluding hydrogens is 272 g/mol. The summed E-state index contributed by atoms with van der Waals surface area (Å²) in [4.78, 5) is 0. The third kappa shape index (κ3) is 1.55. The Kier molecular flexibility index (Phi) is 2.65. The van der Waals surface area contributed by atoms with Gasteiger partial charge < -0.3 is 10.2 Å². The average molecular weight is 292 g/mol. The molecule has 0 amide bonds. The molecule has 0 radical (unpaired) electrons. The van der Waals surface area contributed by atoms with E-state index in [1.54, 1.807) is 6.07 Å². The molecule has 3 atom stereocenters. The van der Waals surface area contributed by atoms with Crippen LogP contribution < -0.4 is 0 Å². The second kappa shape index (κ2) is 4.27. The summed E-state index contributed by atoms with van der Waals surface area (Å²) >= 11 is 0. The number of aliphatic hydroxyl groups is 1. The van der Waals surface area contributed by atoms with Crippen molar-refractivity contribution in [3.05, 3.63) is 41.5 Å². The molecule has 112 valence electrons. The van der Waals surface area contributed by atoms with Crippen molar-refractivity contribution in [3.63, 3.8) is 0 Å². The summed E-state index contributed by atoms with van der Waals surface area (Å²) < 4.78 is 0. The topological polar surface area (TPSA) is 40.5 Å². The van der Waals surface area contributed by atoms with Gasteiger partial charge in [-0.1, -0.05) is 31.0 Å². The number of phenols is 1. The summed E-state index contributed by atoms with van der Waals surface area (Å²) in [5, 5.41) is 22.8. The molecule has 0 saturated heterocycles. The van der Waals surface area contributed by atoms with Crippen LogP contribution in [0.25, 0.3) is 10.8 Å². The van der Waals surface area contributed by atoms with Crippen molar-refractivity contribution >= 4 is 10.8 Å². The van der Waals surface area contributed by atoms with Gasteiger partial charge in [0, 0.05) is 5.41 Å². The highest BCUT2D eigenvalue weighted by Crippen LogP contribution is 2.60. The minimum Gasteiger partial charge on any atom is -0.508 e. The van der Waals surface area contributed by atoms with Crippen LogP contribution in [-0.2, 0) is 6.42 Å². The number of phenolic OH excluding ortho intramolecular Hbond substituents is 1. The number of hydrogen-bond donors (Lipinski definition) is 2. The number of rotatable bonds is 0. The van der Waals surface area contributed by atoms with E-state index in [0.29, 0.717) is 18.1 Å². The van der Waals surface area contributed by atoms with Crippen molar-refractivity contribution in [2.75, 3.05) is 0 Å². The van der Waals surface area contributed by atoms with Crippen molar-refractivity contribution in [2.45, 2.75) is 44.1 Å². The largest absolute Gasteiger partial charge is 0.508 e. The maximum Gasteiger partial charge on any atom is 0.131 e. The minimum absolute atomic E-state index is 0.237. The lowest BCUT2D eigenvalue weighted by Gasteiger charge is -2.44. The van der Waals surface area contributed by atoms with Crippen LogP contribution >= 0.6 is 0 Å². The lowest BCUT2D eigenvalue weighted by molar-refractivity contribution is -0.0154. The zero-order valence-corrected chi connectivity index (χ0v) is 12.8. The van der Waals surface area contributed by atoms with Gasteiger partial charge in [0.2, 0.25) is 0 Å². The number of fused-ring (bicyclic) bond motifs is 5. The lowest BCUT2D eigenvalue weighted by atomic mass is 9.61. The third-order valence-electron chi connectivity index (χ3n) is 6.17. The van der Waals surface area contributed by atoms with Crippen LogP contribution in [0.3, 0.4) is 0 Å². The fraction of sp³-hybridized carbons (Fsp3) is 0.400. The Morgan fingerprint density at radius 1 is 1.23 bits per heavy atom. The van der Waals surface area contributed by atoms with Crippen molar-refractivity contribution < 1.29 is 10.2 Å². The van der Waals surface area contributed by atoms with Gasteiger partial charge >= 0.3 is 0 Å². The van der Waals surface area contributed by atoms with Crippen LogP contribution in [0.15, 0.2) is 30.3 Å². The fourth-order valence-electron chi connectivity index (χ4n) is 4.75. The molecule has 2 aliphatic carbocycles. The summed E-state index contributed by atoms with van der Waals surface area (Å²) in [6, 6.07) is 9.82. The monoisotopic (exact) mass is 292 g/mol. The van der Waals surface area contributed by atoms with E-state index < -0.39 is 5.60 Å². The zero-order valence-electron chi connectivity index (χ0n) is 12.8. The summed E-state index contributed by atoms with van der Waals surface area (Å²) in [6.07, 6.45) is 9.11. The van der Waals surface area contributed by atoms with E-state index in [9.17, 15) is 10.2 Å². The van der Waals surface area contributed by atoms with Crippen LogP contribution in [0.5, 0.6) is 5.75 Å². The Morgan fingerprint density at radius 2 is 2.05 bits per heavy atom. The Morgan fingerprint density at radius 3 is 2.82 bits per heavy atom. The lowest BCUT2D eigenvalue weighted by Crippen LogP contribution is -2.45. The SMILES string of the molecule is C#C[C@@]1(O)CC[C@H]2c3ccc4cc(O)ccc4c3CC[C@@]21C. The van der Waals surface area contributed by atoms with Crippen molar-refractivity contribution in [2.24, 2.45) is 5.41 Å². The van der Waals surface area contributed by atoms with Crippen LogP contribution in [0.4, 0.5) is 0 Å². The smallest absolute Gasteiger partial charge is 0.131 e. The molecule has 2 heteroatoms. The number of terminal acetylenes is 1. The zero-order chi connectivity index (χ0) is 15.5. The van der Waals surface area contributed by atoms with Crippen LogP contribution in [-0.4, -0.2) is 15.8 Å². The van der Waals surface area contributed by atoms with E-state index in [2.05, 4.69) is 25.0 Å². The summed E-state index contributed by atoms with van der Waals surface area (Å²) in [6.45, 7) is 2.15. The molecule has 22 heavy (non-hydrogen) atoms. The average Bonchev–Trinajstić information content (AvgIpc) is 2.79. The normalized spacial score (nSPS) is 33.2. The first-order valence-electron chi connectivity index (χ1n) is 7.93. The number of benzene rings is 2. The summed E-state index contributed by atoms with van der Waals surface area (Å²) in [7, 11) is 0. The molecule has 0 unspecified atom stereocenters. The van der Waals surface area contributed by atoms with Gasteiger partial charge in [-0.25, -0.2) is 0 Å². The van der Waals surface area contributed by atoms with Crippen LogP contribution in [0.1, 0.15) is 43.2 Å². The molecule has 0 bridgehead atoms. The minimum atomic E-state index is -0.987.